The highest BCUT2D eigenvalue weighted by Crippen LogP contribution is 2.32. The van der Waals surface area contributed by atoms with Crippen LogP contribution in [0.1, 0.15) is 20.8 Å². The maximum Gasteiger partial charge on any atom is 0.416 e. The number of aromatic carboxylic acids is 1. The highest BCUT2D eigenvalue weighted by Gasteiger charge is 2.31. The number of benzene rings is 1. The van der Waals surface area contributed by atoms with Gasteiger partial charge in [0, 0.05) is 17.1 Å². The zero-order valence-electron chi connectivity index (χ0n) is 10.4. The van der Waals surface area contributed by atoms with E-state index in [1.165, 1.54) is 11.3 Å². The Kier molecular flexibility index (Phi) is 4.43. The molecule has 0 atom stereocenters. The molecule has 21 heavy (non-hydrogen) atoms. The van der Waals surface area contributed by atoms with Crippen LogP contribution in [0.15, 0.2) is 30.3 Å². The van der Waals surface area contributed by atoms with Gasteiger partial charge < -0.3 is 10.4 Å². The molecule has 1 aromatic heterocycles. The Hall–Kier alpha value is -1.73. The number of thiophene rings is 1. The average Bonchev–Trinajstić information content (AvgIpc) is 2.80. The number of carboxylic acid groups (broad SMARTS) is 1. The van der Waals surface area contributed by atoms with Crippen LogP contribution in [-0.4, -0.2) is 11.1 Å². The number of carbonyl (C=O) groups is 1. The highest BCUT2D eigenvalue weighted by molar-refractivity contribution is 7.16. The number of halogens is 4. The third-order valence-electron chi connectivity index (χ3n) is 2.66. The lowest BCUT2D eigenvalue weighted by Gasteiger charge is -2.12. The van der Waals surface area contributed by atoms with Crippen LogP contribution in [0.5, 0.6) is 0 Å². The summed E-state index contributed by atoms with van der Waals surface area (Å²) in [5, 5.41) is 11.8. The van der Waals surface area contributed by atoms with Crippen molar-refractivity contribution in [1.82, 2.24) is 0 Å². The smallest absolute Gasteiger partial charge is 0.416 e. The molecule has 0 saturated heterocycles. The lowest BCUT2D eigenvalue weighted by atomic mass is 10.1. The fourth-order valence-corrected chi connectivity index (χ4v) is 2.71. The van der Waals surface area contributed by atoms with Gasteiger partial charge >= 0.3 is 12.1 Å². The fraction of sp³-hybridized carbons (Fsp3) is 0.154. The number of hydrogen-bond acceptors (Lipinski definition) is 3. The predicted molar refractivity (Wildman–Crippen MR) is 75.1 cm³/mol. The molecule has 1 heterocycles. The summed E-state index contributed by atoms with van der Waals surface area (Å²) in [4.78, 5) is 11.9. The molecule has 3 nitrogen and oxygen atoms in total. The molecular weight excluding hydrogens is 327 g/mol. The summed E-state index contributed by atoms with van der Waals surface area (Å²) < 4.78 is 38.4. The Morgan fingerprint density at radius 2 is 2.00 bits per heavy atom. The number of nitrogens with one attached hydrogen (secondary N) is 1. The molecule has 2 rings (SSSR count). The van der Waals surface area contributed by atoms with E-state index in [1.54, 1.807) is 12.1 Å². The minimum atomic E-state index is -4.58. The molecule has 0 bridgehead atoms. The minimum Gasteiger partial charge on any atom is -0.478 e. The van der Waals surface area contributed by atoms with E-state index in [9.17, 15) is 18.0 Å². The average molecular weight is 336 g/mol. The van der Waals surface area contributed by atoms with Crippen molar-refractivity contribution in [3.63, 3.8) is 0 Å². The number of alkyl halides is 3. The van der Waals surface area contributed by atoms with Gasteiger partial charge in [-0.25, -0.2) is 4.79 Å². The largest absolute Gasteiger partial charge is 0.478 e. The molecule has 0 aliphatic carbocycles. The zero-order valence-corrected chi connectivity index (χ0v) is 11.9. The molecule has 0 unspecified atom stereocenters. The molecular formula is C13H9ClF3NO2S. The van der Waals surface area contributed by atoms with Crippen molar-refractivity contribution in [1.29, 1.82) is 0 Å². The minimum absolute atomic E-state index is 0.125. The second kappa shape index (κ2) is 5.95. The van der Waals surface area contributed by atoms with Crippen molar-refractivity contribution in [2.24, 2.45) is 0 Å². The first-order chi connectivity index (χ1) is 9.77. The van der Waals surface area contributed by atoms with Crippen molar-refractivity contribution in [3.8, 4) is 0 Å². The van der Waals surface area contributed by atoms with Crippen LogP contribution in [0.4, 0.5) is 18.9 Å². The van der Waals surface area contributed by atoms with Crippen molar-refractivity contribution in [2.45, 2.75) is 12.7 Å². The van der Waals surface area contributed by atoms with Crippen LogP contribution < -0.4 is 5.32 Å². The van der Waals surface area contributed by atoms with Gasteiger partial charge in [0.15, 0.2) is 0 Å². The van der Waals surface area contributed by atoms with Gasteiger partial charge in [-0.2, -0.15) is 13.2 Å². The predicted octanol–water partition coefficient (Wildman–Crippen LogP) is 4.73. The van der Waals surface area contributed by atoms with Crippen LogP contribution in [-0.2, 0) is 12.7 Å². The first kappa shape index (κ1) is 15.7. The molecule has 0 radical (unpaired) electrons. The van der Waals surface area contributed by atoms with Crippen LogP contribution in [0.2, 0.25) is 4.34 Å². The van der Waals surface area contributed by atoms with Gasteiger partial charge in [-0.15, -0.1) is 11.3 Å². The third kappa shape index (κ3) is 3.89. The summed E-state index contributed by atoms with van der Waals surface area (Å²) in [5.74, 6) is -1.42. The van der Waals surface area contributed by atoms with E-state index >= 15 is 0 Å². The maximum atomic E-state index is 12.6. The molecule has 0 spiro atoms. The summed E-state index contributed by atoms with van der Waals surface area (Å²) in [6.07, 6.45) is -4.58. The molecule has 112 valence electrons. The summed E-state index contributed by atoms with van der Waals surface area (Å²) in [6, 6.07) is 6.02. The van der Waals surface area contributed by atoms with E-state index < -0.39 is 23.3 Å². The van der Waals surface area contributed by atoms with E-state index in [-0.39, 0.29) is 12.2 Å². The highest BCUT2D eigenvalue weighted by atomic mass is 35.5. The Balaban J connectivity index is 2.24. The van der Waals surface area contributed by atoms with Gasteiger partial charge in [-0.05, 0) is 30.3 Å². The van der Waals surface area contributed by atoms with Crippen molar-refractivity contribution >= 4 is 34.6 Å². The quantitative estimate of drug-likeness (QED) is 0.849. The van der Waals surface area contributed by atoms with Crippen LogP contribution in [0.3, 0.4) is 0 Å². The molecule has 8 heteroatoms. The second-order valence-electron chi connectivity index (χ2n) is 4.12. The van der Waals surface area contributed by atoms with E-state index in [0.29, 0.717) is 10.4 Å². The molecule has 0 aliphatic heterocycles. The summed E-state index contributed by atoms with van der Waals surface area (Å²) in [6.45, 7) is 0.281. The number of carboxylic acids is 1. The third-order valence-corrected chi connectivity index (χ3v) is 3.89. The van der Waals surface area contributed by atoms with Gasteiger partial charge in [0.25, 0.3) is 0 Å². The van der Waals surface area contributed by atoms with E-state index in [4.69, 9.17) is 16.7 Å². The zero-order chi connectivity index (χ0) is 15.6. The van der Waals surface area contributed by atoms with Gasteiger partial charge in [0.1, 0.15) is 0 Å². The summed E-state index contributed by atoms with van der Waals surface area (Å²) in [5.41, 5.74) is -1.29. The number of hydrogen-bond donors (Lipinski definition) is 2. The van der Waals surface area contributed by atoms with Gasteiger partial charge in [0.2, 0.25) is 0 Å². The first-order valence-corrected chi connectivity index (χ1v) is 6.89. The van der Waals surface area contributed by atoms with Gasteiger partial charge in [0.05, 0.1) is 15.5 Å². The lowest BCUT2D eigenvalue weighted by Crippen LogP contribution is -2.10. The summed E-state index contributed by atoms with van der Waals surface area (Å²) >= 11 is 7.07. The lowest BCUT2D eigenvalue weighted by molar-refractivity contribution is -0.137. The van der Waals surface area contributed by atoms with E-state index in [1.807, 2.05) is 0 Å². The van der Waals surface area contributed by atoms with Gasteiger partial charge in [-0.1, -0.05) is 11.6 Å². The Labute approximate surface area is 127 Å². The molecule has 0 amide bonds. The fourth-order valence-electron chi connectivity index (χ4n) is 1.68. The van der Waals surface area contributed by atoms with Crippen LogP contribution in [0.25, 0.3) is 0 Å². The Morgan fingerprint density at radius 1 is 1.29 bits per heavy atom. The topological polar surface area (TPSA) is 49.3 Å². The molecule has 1 aromatic carbocycles. The van der Waals surface area contributed by atoms with Crippen LogP contribution in [0, 0.1) is 0 Å². The number of rotatable bonds is 4. The van der Waals surface area contributed by atoms with Crippen molar-refractivity contribution < 1.29 is 23.1 Å². The van der Waals surface area contributed by atoms with Crippen LogP contribution >= 0.6 is 22.9 Å². The van der Waals surface area contributed by atoms with E-state index in [0.717, 1.165) is 17.0 Å². The Bertz CT molecular complexity index is 670. The molecule has 0 saturated carbocycles. The molecule has 0 aliphatic rings. The molecule has 2 aromatic rings. The molecule has 0 fully saturated rings. The van der Waals surface area contributed by atoms with Crippen molar-refractivity contribution in [3.05, 3.63) is 50.7 Å². The monoisotopic (exact) mass is 335 g/mol. The summed E-state index contributed by atoms with van der Waals surface area (Å²) in [7, 11) is 0. The van der Waals surface area contributed by atoms with Crippen molar-refractivity contribution in [2.75, 3.05) is 5.32 Å². The normalized spacial score (nSPS) is 11.4. The SMILES string of the molecule is O=C(O)c1cc(C(F)(F)F)ccc1NCc1ccc(Cl)s1. The van der Waals surface area contributed by atoms with E-state index in [2.05, 4.69) is 5.32 Å². The standard InChI is InChI=1S/C13H9ClF3NO2S/c14-11-4-2-8(21-11)6-18-10-3-1-7(13(15,16)17)5-9(10)12(19)20/h1-5,18H,6H2,(H,19,20). The molecule has 2 N–H and O–H groups in total. The maximum absolute atomic E-state index is 12.6. The number of anilines is 1. The first-order valence-electron chi connectivity index (χ1n) is 5.70. The second-order valence-corrected chi connectivity index (χ2v) is 5.92. The Morgan fingerprint density at radius 3 is 2.52 bits per heavy atom. The van der Waals surface area contributed by atoms with Gasteiger partial charge in [-0.3, -0.25) is 0 Å².